The Kier molecular flexibility index (Phi) is 3.68. The summed E-state index contributed by atoms with van der Waals surface area (Å²) < 4.78 is 0. The third-order valence-corrected chi connectivity index (χ3v) is 2.95. The van der Waals surface area contributed by atoms with Crippen LogP contribution in [0.25, 0.3) is 10.8 Å². The van der Waals surface area contributed by atoms with Crippen molar-refractivity contribution in [3.8, 4) is 0 Å². The van der Waals surface area contributed by atoms with Gasteiger partial charge in [-0.15, -0.1) is 0 Å². The highest BCUT2D eigenvalue weighted by Crippen LogP contribution is 2.17. The first kappa shape index (κ1) is 13.3. The molecule has 0 amide bonds. The third kappa shape index (κ3) is 2.67. The normalized spacial score (nSPS) is 12.8. The lowest BCUT2D eigenvalue weighted by Crippen LogP contribution is -2.25. The lowest BCUT2D eigenvalue weighted by molar-refractivity contribution is -0.0744. The van der Waals surface area contributed by atoms with E-state index >= 15 is 0 Å². The maximum Gasteiger partial charge on any atom is 0.272 e. The minimum Gasteiger partial charge on any atom is -0.384 e. The maximum absolute atomic E-state index is 11.8. The lowest BCUT2D eigenvalue weighted by Gasteiger charge is -2.15. The summed E-state index contributed by atoms with van der Waals surface area (Å²) in [6.45, 7) is 1.92. The van der Waals surface area contributed by atoms with Crippen LogP contribution in [0.5, 0.6) is 0 Å². The molecule has 2 rings (SSSR count). The fourth-order valence-electron chi connectivity index (χ4n) is 1.75. The Morgan fingerprint density at radius 1 is 1.21 bits per heavy atom. The highest BCUT2D eigenvalue weighted by Gasteiger charge is 2.12. The number of rotatable bonds is 4. The average Bonchev–Trinajstić information content (AvgIpc) is 2.40. The largest absolute Gasteiger partial charge is 0.384 e. The number of aliphatic hydroxyl groups excluding tert-OH is 1. The summed E-state index contributed by atoms with van der Waals surface area (Å²) in [6, 6.07) is 4.87. The van der Waals surface area contributed by atoms with Crippen molar-refractivity contribution in [2.24, 2.45) is 5.92 Å². The third-order valence-electron chi connectivity index (χ3n) is 2.95. The van der Waals surface area contributed by atoms with E-state index in [9.17, 15) is 9.59 Å². The van der Waals surface area contributed by atoms with E-state index in [0.29, 0.717) is 5.69 Å². The van der Waals surface area contributed by atoms with E-state index in [-0.39, 0.29) is 22.9 Å². The second kappa shape index (κ2) is 5.25. The molecule has 7 nitrogen and oxygen atoms in total. The Morgan fingerprint density at radius 3 is 2.58 bits per heavy atom. The number of anilines is 1. The zero-order valence-electron chi connectivity index (χ0n) is 10.3. The molecule has 0 aliphatic heterocycles. The van der Waals surface area contributed by atoms with Gasteiger partial charge in [0.15, 0.2) is 6.29 Å². The molecule has 1 aromatic carbocycles. The molecule has 0 saturated heterocycles. The predicted octanol–water partition coefficient (Wildman–Crippen LogP) is -0.425. The molecule has 1 unspecified atom stereocenters. The molecule has 1 heterocycles. The second-order valence-electron chi connectivity index (χ2n) is 4.41. The van der Waals surface area contributed by atoms with Gasteiger partial charge in [0.1, 0.15) is 0 Å². The van der Waals surface area contributed by atoms with E-state index in [1.54, 1.807) is 25.1 Å². The Bertz CT molecular complexity index is 689. The number of nitrogens with one attached hydrogen (secondary N) is 3. The summed E-state index contributed by atoms with van der Waals surface area (Å²) in [4.78, 5) is 23.4. The van der Waals surface area contributed by atoms with E-state index in [4.69, 9.17) is 10.2 Å². The molecule has 0 aliphatic rings. The van der Waals surface area contributed by atoms with Crippen molar-refractivity contribution in [3.63, 3.8) is 0 Å². The number of aromatic nitrogens is 2. The number of fused-ring (bicyclic) bond motifs is 1. The van der Waals surface area contributed by atoms with Gasteiger partial charge < -0.3 is 15.5 Å². The maximum atomic E-state index is 11.8. The van der Waals surface area contributed by atoms with Crippen LogP contribution in [0.4, 0.5) is 5.69 Å². The number of aromatic amines is 2. The first-order chi connectivity index (χ1) is 9.00. The molecule has 1 atom stereocenters. The highest BCUT2D eigenvalue weighted by molar-refractivity contribution is 5.92. The minimum absolute atomic E-state index is 0.255. The van der Waals surface area contributed by atoms with Crippen molar-refractivity contribution in [1.82, 2.24) is 10.2 Å². The Labute approximate surface area is 107 Å². The van der Waals surface area contributed by atoms with E-state index in [1.807, 2.05) is 0 Å². The molecule has 0 spiro atoms. The van der Waals surface area contributed by atoms with Crippen molar-refractivity contribution in [3.05, 3.63) is 38.9 Å². The van der Waals surface area contributed by atoms with Crippen LogP contribution in [0.2, 0.25) is 0 Å². The SMILES string of the molecule is CC(CNc1cccc2c(=O)[nH][nH]c(=O)c12)C(O)O. The molecule has 0 bridgehead atoms. The van der Waals surface area contributed by atoms with Crippen LogP contribution in [0.1, 0.15) is 6.92 Å². The molecule has 19 heavy (non-hydrogen) atoms. The van der Waals surface area contributed by atoms with Gasteiger partial charge in [0.2, 0.25) is 0 Å². The first-order valence-corrected chi connectivity index (χ1v) is 5.84. The van der Waals surface area contributed by atoms with E-state index in [1.165, 1.54) is 0 Å². The molecule has 102 valence electrons. The summed E-state index contributed by atoms with van der Waals surface area (Å²) in [5, 5.41) is 26.0. The molecule has 0 radical (unpaired) electrons. The molecule has 2 aromatic rings. The number of benzene rings is 1. The summed E-state index contributed by atoms with van der Waals surface area (Å²) >= 11 is 0. The fourth-order valence-corrected chi connectivity index (χ4v) is 1.75. The van der Waals surface area contributed by atoms with Gasteiger partial charge in [0.25, 0.3) is 11.1 Å². The van der Waals surface area contributed by atoms with Gasteiger partial charge in [-0.05, 0) is 12.1 Å². The molecule has 5 N–H and O–H groups in total. The molecule has 1 aromatic heterocycles. The number of hydrogen-bond donors (Lipinski definition) is 5. The van der Waals surface area contributed by atoms with Crippen molar-refractivity contribution < 1.29 is 10.2 Å². The molecular formula is C12H15N3O4. The summed E-state index contributed by atoms with van der Waals surface area (Å²) in [5.74, 6) is -0.406. The van der Waals surface area contributed by atoms with Crippen LogP contribution >= 0.6 is 0 Å². The van der Waals surface area contributed by atoms with Crippen LogP contribution in [-0.2, 0) is 0 Å². The van der Waals surface area contributed by atoms with E-state index < -0.39 is 17.8 Å². The first-order valence-electron chi connectivity index (χ1n) is 5.84. The molecular weight excluding hydrogens is 250 g/mol. The van der Waals surface area contributed by atoms with Crippen LogP contribution in [0.15, 0.2) is 27.8 Å². The zero-order valence-corrected chi connectivity index (χ0v) is 10.3. The van der Waals surface area contributed by atoms with E-state index in [0.717, 1.165) is 0 Å². The van der Waals surface area contributed by atoms with Crippen LogP contribution in [-0.4, -0.2) is 33.2 Å². The number of hydrogen-bond acceptors (Lipinski definition) is 5. The number of H-pyrrole nitrogens is 2. The predicted molar refractivity (Wildman–Crippen MR) is 71.1 cm³/mol. The summed E-state index contributed by atoms with van der Waals surface area (Å²) in [7, 11) is 0. The Hall–Kier alpha value is -2.12. The standard InChI is InChI=1S/C12H15N3O4/c1-6(12(18)19)5-13-8-4-2-3-7-9(8)11(17)15-14-10(7)16/h2-4,6,12-13,18-19H,5H2,1H3,(H,14,16)(H,15,17). The molecule has 0 aliphatic carbocycles. The molecule has 7 heteroatoms. The van der Waals surface area contributed by atoms with Crippen molar-refractivity contribution in [2.75, 3.05) is 11.9 Å². The lowest BCUT2D eigenvalue weighted by atomic mass is 10.1. The van der Waals surface area contributed by atoms with Crippen LogP contribution < -0.4 is 16.4 Å². The fraction of sp³-hybridized carbons (Fsp3) is 0.333. The summed E-state index contributed by atoms with van der Waals surface area (Å²) in [6.07, 6.45) is -1.44. The second-order valence-corrected chi connectivity index (χ2v) is 4.41. The van der Waals surface area contributed by atoms with Gasteiger partial charge in [-0.3, -0.25) is 19.8 Å². The van der Waals surface area contributed by atoms with Gasteiger partial charge in [-0.1, -0.05) is 13.0 Å². The Balaban J connectivity index is 2.42. The van der Waals surface area contributed by atoms with Crippen molar-refractivity contribution in [1.29, 1.82) is 0 Å². The van der Waals surface area contributed by atoms with Gasteiger partial charge in [-0.25, -0.2) is 0 Å². The number of aliphatic hydroxyl groups is 2. The molecule has 0 saturated carbocycles. The summed E-state index contributed by atoms with van der Waals surface area (Å²) in [5.41, 5.74) is -0.305. The molecule has 0 fully saturated rings. The highest BCUT2D eigenvalue weighted by atomic mass is 16.5. The minimum atomic E-state index is -1.44. The topological polar surface area (TPSA) is 118 Å². The quantitative estimate of drug-likeness (QED) is 0.481. The van der Waals surface area contributed by atoms with Gasteiger partial charge in [0, 0.05) is 18.2 Å². The average molecular weight is 265 g/mol. The Morgan fingerprint density at radius 2 is 1.89 bits per heavy atom. The van der Waals surface area contributed by atoms with Gasteiger partial charge in [0.05, 0.1) is 10.8 Å². The zero-order chi connectivity index (χ0) is 14.0. The smallest absolute Gasteiger partial charge is 0.272 e. The van der Waals surface area contributed by atoms with Gasteiger partial charge >= 0.3 is 0 Å². The monoisotopic (exact) mass is 265 g/mol. The van der Waals surface area contributed by atoms with Crippen LogP contribution in [0, 0.1) is 5.92 Å². The van der Waals surface area contributed by atoms with Crippen LogP contribution in [0.3, 0.4) is 0 Å². The van der Waals surface area contributed by atoms with E-state index in [2.05, 4.69) is 15.5 Å². The van der Waals surface area contributed by atoms with Crippen molar-refractivity contribution >= 4 is 16.5 Å². The van der Waals surface area contributed by atoms with Crippen molar-refractivity contribution in [2.45, 2.75) is 13.2 Å². The van der Waals surface area contributed by atoms with Gasteiger partial charge in [-0.2, -0.15) is 0 Å².